The summed E-state index contributed by atoms with van der Waals surface area (Å²) in [5.41, 5.74) is 0.752. The van der Waals surface area contributed by atoms with E-state index in [0.717, 1.165) is 5.69 Å². The van der Waals surface area contributed by atoms with Gasteiger partial charge in [-0.05, 0) is 13.0 Å². The number of aryl methyl sites for hydroxylation is 1. The summed E-state index contributed by atoms with van der Waals surface area (Å²) in [5, 5.41) is 6.83. The number of anilines is 1. The van der Waals surface area contributed by atoms with Crippen molar-refractivity contribution < 1.29 is 4.79 Å². The van der Waals surface area contributed by atoms with Crippen molar-refractivity contribution in [3.05, 3.63) is 30.2 Å². The lowest BCUT2D eigenvalue weighted by Gasteiger charge is -2.05. The molecule has 0 aliphatic carbocycles. The van der Waals surface area contributed by atoms with E-state index in [1.54, 1.807) is 24.5 Å². The summed E-state index contributed by atoms with van der Waals surface area (Å²) in [6, 6.07) is 3.43. The highest BCUT2D eigenvalue weighted by atomic mass is 35.5. The van der Waals surface area contributed by atoms with Crippen LogP contribution in [0.3, 0.4) is 0 Å². The molecule has 2 aromatic heterocycles. The molecule has 0 aliphatic rings. The molecule has 0 saturated carbocycles. The Bertz CT molecular complexity index is 525. The first-order valence-electron chi connectivity index (χ1n) is 4.90. The second-order valence-corrected chi connectivity index (χ2v) is 3.58. The van der Waals surface area contributed by atoms with Gasteiger partial charge >= 0.3 is 0 Å². The molecule has 17 heavy (non-hydrogen) atoms. The maximum Gasteiger partial charge on any atom is 0.252 e. The van der Waals surface area contributed by atoms with Crippen LogP contribution in [0.2, 0.25) is 0 Å². The van der Waals surface area contributed by atoms with Crippen LogP contribution in [-0.4, -0.2) is 31.5 Å². The van der Waals surface area contributed by atoms with E-state index in [9.17, 15) is 4.79 Å². The zero-order valence-corrected chi connectivity index (χ0v) is 9.85. The third kappa shape index (κ3) is 2.59. The molecule has 2 heterocycles. The maximum atomic E-state index is 11.2. The lowest BCUT2D eigenvalue weighted by atomic mass is 10.4. The van der Waals surface area contributed by atoms with Gasteiger partial charge in [-0.1, -0.05) is 0 Å². The Hall–Kier alpha value is -1.95. The van der Waals surface area contributed by atoms with E-state index in [-0.39, 0.29) is 11.8 Å². The average molecular weight is 252 g/mol. The highest BCUT2D eigenvalue weighted by Gasteiger charge is 2.11. The molecule has 88 valence electrons. The van der Waals surface area contributed by atoms with E-state index in [1.165, 1.54) is 4.68 Å². The summed E-state index contributed by atoms with van der Waals surface area (Å²) >= 11 is 5.43. The molecular weight excluding hydrogens is 242 g/mol. The number of hydrogen-bond acceptors (Lipinski definition) is 4. The highest BCUT2D eigenvalue weighted by molar-refractivity contribution is 6.29. The van der Waals surface area contributed by atoms with E-state index in [4.69, 9.17) is 11.6 Å². The molecule has 0 bridgehead atoms. The van der Waals surface area contributed by atoms with Gasteiger partial charge in [0.2, 0.25) is 5.91 Å². The van der Waals surface area contributed by atoms with E-state index < -0.39 is 0 Å². The number of carbonyl (C=O) groups excluding carboxylic acids is 1. The van der Waals surface area contributed by atoms with Gasteiger partial charge in [-0.25, -0.2) is 9.97 Å². The van der Waals surface area contributed by atoms with Crippen LogP contribution in [0.5, 0.6) is 0 Å². The van der Waals surface area contributed by atoms with Crippen molar-refractivity contribution in [2.75, 3.05) is 11.2 Å². The number of hydrogen-bond donors (Lipinski definition) is 1. The number of nitrogens with one attached hydrogen (secondary N) is 1. The van der Waals surface area contributed by atoms with Crippen molar-refractivity contribution in [2.45, 2.75) is 6.92 Å². The first kappa shape index (κ1) is 11.5. The average Bonchev–Trinajstić information content (AvgIpc) is 2.71. The first-order chi connectivity index (χ1) is 8.20. The minimum atomic E-state index is -0.302. The largest absolute Gasteiger partial charge is 0.309 e. The fourth-order valence-electron chi connectivity index (χ4n) is 1.32. The van der Waals surface area contributed by atoms with E-state index in [0.29, 0.717) is 11.8 Å². The number of nitrogens with zero attached hydrogens (tertiary/aromatic N) is 4. The normalized spacial score (nSPS) is 10.2. The summed E-state index contributed by atoms with van der Waals surface area (Å²) in [4.78, 5) is 19.4. The Morgan fingerprint density at radius 3 is 2.82 bits per heavy atom. The number of rotatable bonds is 3. The van der Waals surface area contributed by atoms with Gasteiger partial charge in [-0.3, -0.25) is 4.79 Å². The molecule has 0 radical (unpaired) electrons. The topological polar surface area (TPSA) is 72.7 Å². The lowest BCUT2D eigenvalue weighted by Crippen LogP contribution is -2.16. The van der Waals surface area contributed by atoms with Crippen LogP contribution in [0, 0.1) is 6.92 Å². The second kappa shape index (κ2) is 4.92. The minimum absolute atomic E-state index is 0.111. The molecule has 0 saturated heterocycles. The molecule has 2 rings (SSSR count). The Morgan fingerprint density at radius 2 is 2.18 bits per heavy atom. The van der Waals surface area contributed by atoms with E-state index in [2.05, 4.69) is 20.4 Å². The van der Waals surface area contributed by atoms with Gasteiger partial charge in [-0.15, -0.1) is 11.6 Å². The first-order valence-corrected chi connectivity index (χ1v) is 5.44. The number of halogens is 1. The van der Waals surface area contributed by atoms with Crippen molar-refractivity contribution in [3.8, 4) is 5.95 Å². The molecule has 0 spiro atoms. The predicted molar refractivity (Wildman–Crippen MR) is 63.2 cm³/mol. The Labute approximate surface area is 103 Å². The molecule has 0 fully saturated rings. The molecule has 2 aromatic rings. The van der Waals surface area contributed by atoms with Crippen molar-refractivity contribution in [1.29, 1.82) is 0 Å². The number of amides is 1. The third-order valence-corrected chi connectivity index (χ3v) is 2.20. The summed E-state index contributed by atoms with van der Waals surface area (Å²) in [5.74, 6) is 0.480. The van der Waals surface area contributed by atoms with Gasteiger partial charge < -0.3 is 5.32 Å². The van der Waals surface area contributed by atoms with Gasteiger partial charge in [0, 0.05) is 18.5 Å². The van der Waals surface area contributed by atoms with Crippen LogP contribution in [0.4, 0.5) is 5.82 Å². The Morgan fingerprint density at radius 1 is 1.47 bits per heavy atom. The lowest BCUT2D eigenvalue weighted by molar-refractivity contribution is -0.113. The van der Waals surface area contributed by atoms with Gasteiger partial charge in [0.1, 0.15) is 11.7 Å². The Balaban J connectivity index is 2.37. The van der Waals surface area contributed by atoms with Crippen LogP contribution < -0.4 is 5.32 Å². The smallest absolute Gasteiger partial charge is 0.252 e. The van der Waals surface area contributed by atoms with Gasteiger partial charge in [0.05, 0.1) is 5.69 Å². The van der Waals surface area contributed by atoms with E-state index >= 15 is 0 Å². The fraction of sp³-hybridized carbons (Fsp3) is 0.200. The van der Waals surface area contributed by atoms with Crippen LogP contribution >= 0.6 is 11.6 Å². The molecule has 0 aliphatic heterocycles. The molecule has 0 aromatic carbocycles. The quantitative estimate of drug-likeness (QED) is 0.831. The molecule has 6 nitrogen and oxygen atoms in total. The fourth-order valence-corrected chi connectivity index (χ4v) is 1.38. The van der Waals surface area contributed by atoms with Crippen LogP contribution in [-0.2, 0) is 4.79 Å². The summed E-state index contributed by atoms with van der Waals surface area (Å²) in [7, 11) is 0. The number of alkyl halides is 1. The van der Waals surface area contributed by atoms with Gasteiger partial charge in [0.15, 0.2) is 0 Å². The van der Waals surface area contributed by atoms with Gasteiger partial charge in [-0.2, -0.15) is 9.78 Å². The molecule has 0 unspecified atom stereocenters. The van der Waals surface area contributed by atoms with Gasteiger partial charge in [0.25, 0.3) is 5.95 Å². The van der Waals surface area contributed by atoms with E-state index in [1.807, 2.05) is 6.92 Å². The summed E-state index contributed by atoms with van der Waals surface area (Å²) < 4.78 is 1.46. The highest BCUT2D eigenvalue weighted by Crippen LogP contribution is 2.13. The second-order valence-electron chi connectivity index (χ2n) is 3.31. The SMILES string of the molecule is Cc1cc(NC(=O)CCl)n(-c2ncccn2)n1. The molecule has 1 amide bonds. The summed E-state index contributed by atoms with van der Waals surface area (Å²) in [6.07, 6.45) is 3.21. The maximum absolute atomic E-state index is 11.2. The van der Waals surface area contributed by atoms with Crippen molar-refractivity contribution in [3.63, 3.8) is 0 Å². The van der Waals surface area contributed by atoms with Crippen molar-refractivity contribution in [1.82, 2.24) is 19.7 Å². The summed E-state index contributed by atoms with van der Waals surface area (Å²) in [6.45, 7) is 1.82. The predicted octanol–water partition coefficient (Wildman–Crippen LogP) is 1.15. The number of carbonyl (C=O) groups is 1. The minimum Gasteiger partial charge on any atom is -0.309 e. The van der Waals surface area contributed by atoms with Crippen LogP contribution in [0.1, 0.15) is 5.69 Å². The monoisotopic (exact) mass is 251 g/mol. The zero-order valence-electron chi connectivity index (χ0n) is 9.09. The molecule has 7 heteroatoms. The van der Waals surface area contributed by atoms with Crippen molar-refractivity contribution >= 4 is 23.3 Å². The molecular formula is C10H10ClN5O. The Kier molecular flexibility index (Phi) is 3.34. The third-order valence-electron chi connectivity index (χ3n) is 1.96. The zero-order chi connectivity index (χ0) is 12.3. The van der Waals surface area contributed by atoms with Crippen LogP contribution in [0.15, 0.2) is 24.5 Å². The molecule has 1 N–H and O–H groups in total. The number of aromatic nitrogens is 4. The molecule has 0 atom stereocenters. The standard InChI is InChI=1S/C10H10ClN5O/c1-7-5-8(14-9(17)6-11)16(15-7)10-12-3-2-4-13-10/h2-5H,6H2,1H3,(H,14,17). The van der Waals surface area contributed by atoms with Crippen LogP contribution in [0.25, 0.3) is 5.95 Å². The van der Waals surface area contributed by atoms with Crippen molar-refractivity contribution in [2.24, 2.45) is 0 Å².